The Balaban J connectivity index is 0. The van der Waals surface area contributed by atoms with Crippen molar-refractivity contribution in [2.45, 2.75) is 0 Å². The van der Waals surface area contributed by atoms with Gasteiger partial charge in [0, 0.05) is 0 Å². The first kappa shape index (κ1) is 8.92. The maximum atomic E-state index is 8.24. The van der Waals surface area contributed by atoms with E-state index in [1.54, 1.807) is 0 Å². The van der Waals surface area contributed by atoms with E-state index in [4.69, 9.17) is 9.90 Å². The summed E-state index contributed by atoms with van der Waals surface area (Å²) >= 11 is 0. The van der Waals surface area contributed by atoms with Gasteiger partial charge in [-0.25, -0.2) is 0 Å². The Kier molecular flexibility index (Phi) is 19.9. The summed E-state index contributed by atoms with van der Waals surface area (Å²) in [6.07, 6.45) is 0. The molecule has 0 aliphatic heterocycles. The Morgan fingerprint density at radius 1 is 1.75 bits per heavy atom. The molecule has 0 aromatic heterocycles. The van der Waals surface area contributed by atoms with Gasteiger partial charge in [-0.1, -0.05) is 6.47 Å². The Morgan fingerprint density at radius 2 is 1.75 bits per heavy atom. The predicted molar refractivity (Wildman–Crippen MR) is 8.32 cm³/mol. The van der Waals surface area contributed by atoms with Gasteiger partial charge >= 0.3 is 51.4 Å². The quantitative estimate of drug-likeness (QED) is 0.245. The van der Waals surface area contributed by atoms with Gasteiger partial charge < -0.3 is 9.90 Å². The van der Waals surface area contributed by atoms with Crippen molar-refractivity contribution in [3.8, 4) is 0 Å². The van der Waals surface area contributed by atoms with Crippen LogP contribution in [0.15, 0.2) is 0 Å². The summed E-state index contributed by atoms with van der Waals surface area (Å²) < 4.78 is 0. The van der Waals surface area contributed by atoms with E-state index in [2.05, 4.69) is 0 Å². The molecule has 0 aliphatic rings. The van der Waals surface area contributed by atoms with E-state index >= 15 is 0 Å². The monoisotopic (exact) mass is 84.0 g/mol. The normalized spacial score (nSPS) is 3.00. The Labute approximate surface area is 66.6 Å². The van der Waals surface area contributed by atoms with Gasteiger partial charge in [-0.2, -0.15) is 0 Å². The maximum Gasteiger partial charge on any atom is 1.00 e. The molecule has 0 radical (unpaired) electrons. The van der Waals surface area contributed by atoms with Crippen LogP contribution in [0.3, 0.4) is 0 Å². The Bertz CT molecular complexity index is 13.5. The smallest absolute Gasteiger partial charge is 0.665 e. The topological polar surface area (TPSA) is 37.3 Å². The molecule has 0 amide bonds. The molecule has 0 saturated carbocycles. The average Bonchev–Trinajstić information content (AvgIpc) is 0.918. The van der Waals surface area contributed by atoms with Crippen LogP contribution in [0.5, 0.6) is 0 Å². The zero-order valence-corrected chi connectivity index (χ0v) is 5.48. The van der Waals surface area contributed by atoms with Gasteiger partial charge in [0.1, 0.15) is 0 Å². The minimum Gasteiger partial charge on any atom is -0.665 e. The molecule has 0 unspecified atom stereocenters. The number of hydrogen-bond acceptors (Lipinski definition) is 1. The number of hydrogen-bond donors (Lipinski definition) is 1. The molecule has 1 N–H and O–H groups in total. The van der Waals surface area contributed by atoms with Gasteiger partial charge in [0.05, 0.1) is 0 Å². The zero-order chi connectivity index (χ0) is 2.71. The predicted octanol–water partition coefficient (Wildman–Crippen LogP) is -3.38. The van der Waals surface area contributed by atoms with Crippen molar-refractivity contribution in [3.05, 3.63) is 0 Å². The first-order valence-corrected chi connectivity index (χ1v) is 0.428. The summed E-state index contributed by atoms with van der Waals surface area (Å²) in [6, 6.07) is 0. The summed E-state index contributed by atoms with van der Waals surface area (Å²) in [6.45, 7) is 0.500. The molecule has 0 aliphatic carbocycles. The minimum atomic E-state index is 0. The van der Waals surface area contributed by atoms with Crippen molar-refractivity contribution < 1.29 is 61.3 Å². The fourth-order valence-corrected chi connectivity index (χ4v) is 0. The van der Waals surface area contributed by atoms with Gasteiger partial charge in [0.2, 0.25) is 0 Å². The van der Waals surface area contributed by atoms with Crippen molar-refractivity contribution in [2.24, 2.45) is 0 Å². The van der Waals surface area contributed by atoms with Gasteiger partial charge in [0.25, 0.3) is 0 Å². The zero-order valence-electron chi connectivity index (χ0n) is 2.36. The van der Waals surface area contributed by atoms with E-state index < -0.39 is 0 Å². The van der Waals surface area contributed by atoms with Crippen molar-refractivity contribution in [1.82, 2.24) is 0 Å². The van der Waals surface area contributed by atoms with E-state index in [0.717, 1.165) is 0 Å². The van der Waals surface area contributed by atoms with Crippen LogP contribution >= 0.6 is 0 Å². The molecule has 0 atom stereocenters. The summed E-state index contributed by atoms with van der Waals surface area (Å²) in [5.41, 5.74) is 0. The molecule has 18 valence electrons. The molecule has 0 spiro atoms. The molecule has 0 saturated heterocycles. The van der Waals surface area contributed by atoms with E-state index in [0.29, 0.717) is 6.47 Å². The molecular formula is CHKO2. The van der Waals surface area contributed by atoms with Crippen LogP contribution in [0.4, 0.5) is 0 Å². The third-order valence-electron chi connectivity index (χ3n) is 0. The molecule has 0 aromatic carbocycles. The van der Waals surface area contributed by atoms with Crippen molar-refractivity contribution in [2.75, 3.05) is 0 Å². The van der Waals surface area contributed by atoms with Crippen molar-refractivity contribution in [1.29, 1.82) is 0 Å². The molecular weight excluding hydrogens is 83.1 g/mol. The van der Waals surface area contributed by atoms with E-state index in [9.17, 15) is 0 Å². The van der Waals surface area contributed by atoms with Crippen LogP contribution in [0, 0.1) is 0 Å². The van der Waals surface area contributed by atoms with Gasteiger partial charge in [0.15, 0.2) is 0 Å². The van der Waals surface area contributed by atoms with Crippen molar-refractivity contribution in [3.63, 3.8) is 0 Å². The SMILES string of the molecule is O=[C-]O.[K+]. The van der Waals surface area contributed by atoms with Crippen LogP contribution in [0.25, 0.3) is 0 Å². The fourth-order valence-electron chi connectivity index (χ4n) is 0. The summed E-state index contributed by atoms with van der Waals surface area (Å²) in [5, 5.41) is 6.76. The molecule has 0 fully saturated rings. The molecule has 0 aromatic rings. The van der Waals surface area contributed by atoms with Crippen LogP contribution in [0.2, 0.25) is 0 Å². The van der Waals surface area contributed by atoms with E-state index in [-0.39, 0.29) is 51.4 Å². The molecule has 0 bridgehead atoms. The Morgan fingerprint density at radius 3 is 1.75 bits per heavy atom. The van der Waals surface area contributed by atoms with Gasteiger partial charge in [-0.05, 0) is 0 Å². The molecule has 3 heteroatoms. The van der Waals surface area contributed by atoms with E-state index in [1.807, 2.05) is 0 Å². The number of aliphatic hydroxyl groups excluding tert-OH is 1. The molecule has 2 nitrogen and oxygen atoms in total. The van der Waals surface area contributed by atoms with Crippen LogP contribution in [-0.4, -0.2) is 11.6 Å². The molecule has 0 heterocycles. The summed E-state index contributed by atoms with van der Waals surface area (Å²) in [5.74, 6) is 0. The van der Waals surface area contributed by atoms with Gasteiger partial charge in [-0.15, -0.1) is 0 Å². The average molecular weight is 84.1 g/mol. The van der Waals surface area contributed by atoms with E-state index in [1.165, 1.54) is 0 Å². The minimum absolute atomic E-state index is 0. The van der Waals surface area contributed by atoms with Crippen molar-refractivity contribution >= 4 is 6.47 Å². The number of rotatable bonds is 0. The molecule has 4 heavy (non-hydrogen) atoms. The second kappa shape index (κ2) is 8.93. The third kappa shape index (κ3) is 11.3. The third-order valence-corrected chi connectivity index (χ3v) is 0. The second-order valence-electron chi connectivity index (χ2n) is 0.0913. The molecule has 0 rings (SSSR count). The maximum absolute atomic E-state index is 8.24. The van der Waals surface area contributed by atoms with Gasteiger partial charge in [-0.3, -0.25) is 0 Å². The first-order chi connectivity index (χ1) is 1.41. The van der Waals surface area contributed by atoms with Crippen LogP contribution in [0.1, 0.15) is 0 Å². The summed E-state index contributed by atoms with van der Waals surface area (Å²) in [4.78, 5) is 8.24. The fraction of sp³-hybridized carbons (Fsp3) is 0. The first-order valence-electron chi connectivity index (χ1n) is 0.428. The Hall–Kier alpha value is 1.11. The van der Waals surface area contributed by atoms with Crippen LogP contribution < -0.4 is 51.4 Å². The summed E-state index contributed by atoms with van der Waals surface area (Å²) in [7, 11) is 0. The largest absolute Gasteiger partial charge is 1.00 e. The standard InChI is InChI=1S/CHO2.K/c2-1-3;/h(H,2,3);/q-1;+1. The van der Waals surface area contributed by atoms with Crippen LogP contribution in [-0.2, 0) is 4.79 Å². The second-order valence-corrected chi connectivity index (χ2v) is 0.0913.